The Morgan fingerprint density at radius 1 is 1.17 bits per heavy atom. The zero-order valence-corrected chi connectivity index (χ0v) is 10.5. The summed E-state index contributed by atoms with van der Waals surface area (Å²) in [5.41, 5.74) is 1.34. The molecule has 0 aromatic heterocycles. The fourth-order valence-electron chi connectivity index (χ4n) is 3.30. The van der Waals surface area contributed by atoms with Crippen molar-refractivity contribution in [1.29, 1.82) is 0 Å². The molecule has 3 aliphatic rings. The van der Waals surface area contributed by atoms with Crippen LogP contribution in [0.2, 0.25) is 0 Å². The lowest BCUT2D eigenvalue weighted by Gasteiger charge is -2.18. The predicted octanol–water partition coefficient (Wildman–Crippen LogP) is 1.97. The van der Waals surface area contributed by atoms with Crippen LogP contribution in [0.1, 0.15) is 5.56 Å². The summed E-state index contributed by atoms with van der Waals surface area (Å²) in [5, 5.41) is 0. The van der Waals surface area contributed by atoms with Crippen molar-refractivity contribution in [1.82, 2.24) is 4.90 Å². The molecule has 2 fully saturated rings. The maximum atomic E-state index is 5.41. The van der Waals surface area contributed by atoms with E-state index in [1.807, 2.05) is 6.07 Å². The number of ether oxygens (including phenoxy) is 2. The van der Waals surface area contributed by atoms with Crippen molar-refractivity contribution in [2.24, 2.45) is 17.8 Å². The molecule has 0 bridgehead atoms. The molecule has 3 heteroatoms. The first-order valence-corrected chi connectivity index (χ1v) is 6.75. The van der Waals surface area contributed by atoms with Gasteiger partial charge in [-0.2, -0.15) is 0 Å². The number of hydrogen-bond acceptors (Lipinski definition) is 3. The van der Waals surface area contributed by atoms with Crippen LogP contribution < -0.4 is 9.47 Å². The quantitative estimate of drug-likeness (QED) is 0.811. The summed E-state index contributed by atoms with van der Waals surface area (Å²) in [4.78, 5) is 2.57. The van der Waals surface area contributed by atoms with Crippen LogP contribution in [-0.4, -0.2) is 31.3 Å². The molecule has 18 heavy (non-hydrogen) atoms. The smallest absolute Gasteiger partial charge is 0.231 e. The van der Waals surface area contributed by atoms with Gasteiger partial charge in [-0.3, -0.25) is 0 Å². The summed E-state index contributed by atoms with van der Waals surface area (Å²) in [7, 11) is 0. The topological polar surface area (TPSA) is 21.7 Å². The predicted molar refractivity (Wildman–Crippen MR) is 68.5 cm³/mol. The van der Waals surface area contributed by atoms with Crippen LogP contribution in [0.15, 0.2) is 18.2 Å². The molecule has 1 saturated heterocycles. The molecule has 1 saturated carbocycles. The Morgan fingerprint density at radius 3 is 2.78 bits per heavy atom. The van der Waals surface area contributed by atoms with Gasteiger partial charge in [0.1, 0.15) is 0 Å². The maximum absolute atomic E-state index is 5.41. The standard InChI is InChI=1S/C15H18NO2/c1-10-12-7-16(8-13(10)12)5-4-11-2-3-14-15(6-11)18-9-17-14/h2-3,6,10,12-13H,1,4-5,7-9H2. The van der Waals surface area contributed by atoms with Gasteiger partial charge < -0.3 is 14.4 Å². The Hall–Kier alpha value is -1.22. The summed E-state index contributed by atoms with van der Waals surface area (Å²) >= 11 is 0. The Labute approximate surface area is 108 Å². The lowest BCUT2D eigenvalue weighted by Crippen LogP contribution is -2.26. The normalized spacial score (nSPS) is 32.6. The first-order chi connectivity index (χ1) is 8.81. The van der Waals surface area contributed by atoms with E-state index in [2.05, 4.69) is 24.0 Å². The third-order valence-electron chi connectivity index (χ3n) is 4.60. The van der Waals surface area contributed by atoms with E-state index in [1.165, 1.54) is 18.7 Å². The van der Waals surface area contributed by atoms with Crippen LogP contribution in [0.5, 0.6) is 11.5 Å². The molecule has 2 unspecified atom stereocenters. The van der Waals surface area contributed by atoms with E-state index in [1.54, 1.807) is 0 Å². The van der Waals surface area contributed by atoms with Crippen LogP contribution >= 0.6 is 0 Å². The molecule has 95 valence electrons. The molecule has 0 amide bonds. The molecule has 1 aromatic rings. The van der Waals surface area contributed by atoms with Crippen molar-refractivity contribution >= 4 is 0 Å². The first-order valence-electron chi connectivity index (χ1n) is 6.75. The average Bonchev–Trinajstić information content (AvgIpc) is 2.83. The molecular formula is C15H18NO2. The number of nitrogens with zero attached hydrogens (tertiary/aromatic N) is 1. The van der Waals surface area contributed by atoms with E-state index < -0.39 is 0 Å². The van der Waals surface area contributed by atoms with E-state index in [0.29, 0.717) is 6.79 Å². The number of piperidine rings is 1. The summed E-state index contributed by atoms with van der Waals surface area (Å²) in [6.07, 6.45) is 1.10. The monoisotopic (exact) mass is 244 g/mol. The Morgan fingerprint density at radius 2 is 1.94 bits per heavy atom. The number of hydrogen-bond donors (Lipinski definition) is 0. The lowest BCUT2D eigenvalue weighted by molar-refractivity contribution is 0.174. The zero-order chi connectivity index (χ0) is 12.1. The fraction of sp³-hybridized carbons (Fsp3) is 0.533. The Balaban J connectivity index is 1.35. The van der Waals surface area contributed by atoms with E-state index in [4.69, 9.17) is 9.47 Å². The average molecular weight is 244 g/mol. The molecular weight excluding hydrogens is 226 g/mol. The Bertz CT molecular complexity index is 462. The van der Waals surface area contributed by atoms with Gasteiger partial charge >= 0.3 is 0 Å². The van der Waals surface area contributed by atoms with Gasteiger partial charge in [-0.25, -0.2) is 0 Å². The second-order valence-corrected chi connectivity index (χ2v) is 5.69. The molecule has 1 radical (unpaired) electrons. The molecule has 2 heterocycles. The van der Waals surface area contributed by atoms with Gasteiger partial charge in [0.2, 0.25) is 6.79 Å². The van der Waals surface area contributed by atoms with Crippen LogP contribution in [-0.2, 0) is 6.42 Å². The Kier molecular flexibility index (Phi) is 2.31. The fourth-order valence-corrected chi connectivity index (χ4v) is 3.30. The number of rotatable bonds is 3. The van der Waals surface area contributed by atoms with Gasteiger partial charge in [-0.15, -0.1) is 0 Å². The summed E-state index contributed by atoms with van der Waals surface area (Å²) in [5.74, 6) is 4.30. The van der Waals surface area contributed by atoms with Crippen LogP contribution in [0.3, 0.4) is 0 Å². The molecule has 0 spiro atoms. The van der Waals surface area contributed by atoms with Gasteiger partial charge in [-0.05, 0) is 48.8 Å². The highest BCUT2D eigenvalue weighted by Crippen LogP contribution is 2.50. The lowest BCUT2D eigenvalue weighted by atomic mass is 10.1. The number of fused-ring (bicyclic) bond motifs is 2. The summed E-state index contributed by atoms with van der Waals surface area (Å²) < 4.78 is 10.7. The highest BCUT2D eigenvalue weighted by Gasteiger charge is 2.52. The summed E-state index contributed by atoms with van der Waals surface area (Å²) in [6.45, 7) is 8.19. The van der Waals surface area contributed by atoms with Crippen molar-refractivity contribution in [3.63, 3.8) is 0 Å². The number of benzene rings is 1. The second-order valence-electron chi connectivity index (χ2n) is 5.69. The largest absolute Gasteiger partial charge is 0.454 e. The van der Waals surface area contributed by atoms with E-state index in [0.717, 1.165) is 42.2 Å². The number of likely N-dealkylation sites (tertiary alicyclic amines) is 1. The first kappa shape index (κ1) is 10.7. The SMILES string of the molecule is [CH2]C1C2CN(CCc3ccc4c(c3)OCO4)CC12. The molecule has 2 aliphatic heterocycles. The van der Waals surface area contributed by atoms with E-state index in [-0.39, 0.29) is 0 Å². The van der Waals surface area contributed by atoms with Gasteiger partial charge in [0, 0.05) is 19.6 Å². The van der Waals surface area contributed by atoms with Crippen LogP contribution in [0.4, 0.5) is 0 Å². The molecule has 1 aromatic carbocycles. The van der Waals surface area contributed by atoms with Crippen molar-refractivity contribution in [2.45, 2.75) is 6.42 Å². The van der Waals surface area contributed by atoms with Gasteiger partial charge in [0.15, 0.2) is 11.5 Å². The van der Waals surface area contributed by atoms with Crippen molar-refractivity contribution < 1.29 is 9.47 Å². The van der Waals surface area contributed by atoms with Crippen molar-refractivity contribution in [3.05, 3.63) is 30.7 Å². The van der Waals surface area contributed by atoms with E-state index in [9.17, 15) is 0 Å². The molecule has 1 aliphatic carbocycles. The third-order valence-corrected chi connectivity index (χ3v) is 4.60. The second kappa shape index (κ2) is 3.89. The molecule has 3 nitrogen and oxygen atoms in total. The van der Waals surface area contributed by atoms with Crippen molar-refractivity contribution in [2.75, 3.05) is 26.4 Å². The van der Waals surface area contributed by atoms with Gasteiger partial charge in [-0.1, -0.05) is 6.07 Å². The maximum Gasteiger partial charge on any atom is 0.231 e. The minimum absolute atomic E-state index is 0.360. The highest BCUT2D eigenvalue weighted by atomic mass is 16.7. The zero-order valence-electron chi connectivity index (χ0n) is 10.5. The summed E-state index contributed by atoms with van der Waals surface area (Å²) in [6, 6.07) is 6.28. The third kappa shape index (κ3) is 1.69. The molecule has 2 atom stereocenters. The van der Waals surface area contributed by atoms with Gasteiger partial charge in [0.05, 0.1) is 0 Å². The van der Waals surface area contributed by atoms with Gasteiger partial charge in [0.25, 0.3) is 0 Å². The van der Waals surface area contributed by atoms with E-state index >= 15 is 0 Å². The van der Waals surface area contributed by atoms with Crippen molar-refractivity contribution in [3.8, 4) is 11.5 Å². The molecule has 4 rings (SSSR count). The van der Waals surface area contributed by atoms with Crippen LogP contribution in [0, 0.1) is 24.7 Å². The minimum Gasteiger partial charge on any atom is -0.454 e. The van der Waals surface area contributed by atoms with Crippen LogP contribution in [0.25, 0.3) is 0 Å². The minimum atomic E-state index is 0.360. The highest BCUT2D eigenvalue weighted by molar-refractivity contribution is 5.44. The molecule has 0 N–H and O–H groups in total.